The number of nitrogens with zero attached hydrogens (tertiary/aromatic N) is 1. The number of hydrogen-bond donors (Lipinski definition) is 2. The van der Waals surface area contributed by atoms with Crippen LogP contribution in [0, 0.1) is 6.92 Å². The molecule has 1 aromatic carbocycles. The second-order valence-corrected chi connectivity index (χ2v) is 6.69. The second kappa shape index (κ2) is 5.38. The van der Waals surface area contributed by atoms with Gasteiger partial charge >= 0.3 is 0 Å². The van der Waals surface area contributed by atoms with Gasteiger partial charge in [-0.2, -0.15) is 0 Å². The van der Waals surface area contributed by atoms with Gasteiger partial charge in [-0.05, 0) is 62.9 Å². The summed E-state index contributed by atoms with van der Waals surface area (Å²) in [5.74, 6) is 1.01. The van der Waals surface area contributed by atoms with Gasteiger partial charge in [0.15, 0.2) is 0 Å². The molecular weight excluding hydrogens is 248 g/mol. The van der Waals surface area contributed by atoms with Gasteiger partial charge < -0.3 is 15.3 Å². The highest BCUT2D eigenvalue weighted by Gasteiger charge is 2.33. The van der Waals surface area contributed by atoms with E-state index in [2.05, 4.69) is 31.1 Å². The lowest BCUT2D eigenvalue weighted by atomic mass is 9.97. The van der Waals surface area contributed by atoms with E-state index in [9.17, 15) is 5.11 Å². The smallest absolute Gasteiger partial charge is 0.120 e. The summed E-state index contributed by atoms with van der Waals surface area (Å²) in [6.07, 6.45) is 3.62. The molecule has 20 heavy (non-hydrogen) atoms. The number of fused-ring (bicyclic) bond motifs is 1. The first kappa shape index (κ1) is 13.9. The summed E-state index contributed by atoms with van der Waals surface area (Å²) in [5, 5.41) is 14.1. The number of rotatable bonds is 2. The van der Waals surface area contributed by atoms with Crippen LogP contribution in [0.25, 0.3) is 0 Å². The van der Waals surface area contributed by atoms with Gasteiger partial charge in [0, 0.05) is 24.2 Å². The third-order valence-electron chi connectivity index (χ3n) is 4.97. The molecule has 0 spiro atoms. The Balaban J connectivity index is 1.82. The van der Waals surface area contributed by atoms with Crippen molar-refractivity contribution in [3.63, 3.8) is 0 Å². The second-order valence-electron chi connectivity index (χ2n) is 6.69. The van der Waals surface area contributed by atoms with Crippen molar-refractivity contribution in [3.05, 3.63) is 28.8 Å². The summed E-state index contributed by atoms with van der Waals surface area (Å²) in [5.41, 5.74) is 3.84. The fourth-order valence-corrected chi connectivity index (χ4v) is 4.08. The number of phenols is 1. The molecule has 1 saturated heterocycles. The molecule has 0 aromatic heterocycles. The lowest BCUT2D eigenvalue weighted by molar-refractivity contribution is 0.214. The fourth-order valence-electron chi connectivity index (χ4n) is 4.08. The van der Waals surface area contributed by atoms with Crippen LogP contribution in [0.1, 0.15) is 54.8 Å². The minimum atomic E-state index is 0.316. The number of hydrogen-bond acceptors (Lipinski definition) is 3. The number of piperidine rings is 1. The highest BCUT2D eigenvalue weighted by Crippen LogP contribution is 2.46. The van der Waals surface area contributed by atoms with Crippen molar-refractivity contribution < 1.29 is 5.11 Å². The molecule has 3 heteroatoms. The Morgan fingerprint density at radius 3 is 2.85 bits per heavy atom. The molecule has 2 aliphatic rings. The van der Waals surface area contributed by atoms with Gasteiger partial charge in [-0.3, -0.25) is 0 Å². The first-order valence-corrected chi connectivity index (χ1v) is 7.83. The Morgan fingerprint density at radius 1 is 1.30 bits per heavy atom. The van der Waals surface area contributed by atoms with Gasteiger partial charge in [-0.25, -0.2) is 0 Å². The van der Waals surface area contributed by atoms with Crippen molar-refractivity contribution in [3.8, 4) is 5.75 Å². The standard InChI is InChI=1S/C17H26N2O/c1-11-6-7-15(20)17-14(9-12(2)16(11)17)18-13-5-4-8-19(3)10-13/h6-7,12-14,18,20H,4-5,8-10H2,1-3H3. The molecule has 110 valence electrons. The van der Waals surface area contributed by atoms with Crippen LogP contribution in [0.15, 0.2) is 12.1 Å². The van der Waals surface area contributed by atoms with E-state index in [1.807, 2.05) is 12.1 Å². The molecule has 3 atom stereocenters. The fraction of sp³-hybridized carbons (Fsp3) is 0.647. The van der Waals surface area contributed by atoms with Crippen LogP contribution in [0.4, 0.5) is 0 Å². The number of nitrogens with one attached hydrogen (secondary N) is 1. The van der Waals surface area contributed by atoms with Crippen molar-refractivity contribution in [1.82, 2.24) is 10.2 Å². The number of benzene rings is 1. The highest BCUT2D eigenvalue weighted by molar-refractivity contribution is 5.50. The quantitative estimate of drug-likeness (QED) is 0.870. The van der Waals surface area contributed by atoms with Crippen molar-refractivity contribution in [2.45, 2.75) is 51.1 Å². The van der Waals surface area contributed by atoms with E-state index in [0.717, 1.165) is 18.5 Å². The van der Waals surface area contributed by atoms with E-state index in [1.165, 1.54) is 30.5 Å². The molecule has 0 bridgehead atoms. The van der Waals surface area contributed by atoms with Gasteiger partial charge in [0.1, 0.15) is 5.75 Å². The van der Waals surface area contributed by atoms with Crippen molar-refractivity contribution in [1.29, 1.82) is 0 Å². The number of aromatic hydroxyl groups is 1. The molecule has 3 rings (SSSR count). The Hall–Kier alpha value is -1.06. The summed E-state index contributed by atoms with van der Waals surface area (Å²) >= 11 is 0. The van der Waals surface area contributed by atoms with Gasteiger partial charge in [0.2, 0.25) is 0 Å². The lowest BCUT2D eigenvalue weighted by Crippen LogP contribution is -2.44. The topological polar surface area (TPSA) is 35.5 Å². The van der Waals surface area contributed by atoms with E-state index >= 15 is 0 Å². The Morgan fingerprint density at radius 2 is 2.10 bits per heavy atom. The predicted octanol–water partition coefficient (Wildman–Crippen LogP) is 2.93. The van der Waals surface area contributed by atoms with Crippen molar-refractivity contribution in [2.24, 2.45) is 0 Å². The predicted molar refractivity (Wildman–Crippen MR) is 82.3 cm³/mol. The number of likely N-dealkylation sites (tertiary alicyclic amines) is 1. The molecule has 2 N–H and O–H groups in total. The maximum absolute atomic E-state index is 10.3. The molecule has 1 aromatic rings. The van der Waals surface area contributed by atoms with Crippen LogP contribution >= 0.6 is 0 Å². The first-order valence-electron chi connectivity index (χ1n) is 7.83. The van der Waals surface area contributed by atoms with Crippen molar-refractivity contribution >= 4 is 0 Å². The Labute approximate surface area is 122 Å². The summed E-state index contributed by atoms with van der Waals surface area (Å²) in [6, 6.07) is 4.77. The maximum Gasteiger partial charge on any atom is 0.120 e. The van der Waals surface area contributed by atoms with Crippen LogP contribution < -0.4 is 5.32 Å². The van der Waals surface area contributed by atoms with Crippen LogP contribution in [0.5, 0.6) is 5.75 Å². The van der Waals surface area contributed by atoms with Gasteiger partial charge in [-0.15, -0.1) is 0 Å². The summed E-state index contributed by atoms with van der Waals surface area (Å²) in [7, 11) is 2.20. The summed E-state index contributed by atoms with van der Waals surface area (Å²) in [6.45, 7) is 6.76. The number of likely N-dealkylation sites (N-methyl/N-ethyl adjacent to an activating group) is 1. The van der Waals surface area contributed by atoms with E-state index in [0.29, 0.717) is 23.8 Å². The molecule has 3 nitrogen and oxygen atoms in total. The molecule has 0 saturated carbocycles. The monoisotopic (exact) mass is 274 g/mol. The SMILES string of the molecule is Cc1ccc(O)c2c1C(C)CC2NC1CCCN(C)C1. The molecule has 0 amide bonds. The average Bonchev–Trinajstić information content (AvgIpc) is 2.72. The third kappa shape index (κ3) is 2.45. The molecule has 1 fully saturated rings. The minimum Gasteiger partial charge on any atom is -0.508 e. The molecule has 1 aliphatic carbocycles. The molecule has 1 heterocycles. The summed E-state index contributed by atoms with van der Waals surface area (Å²) in [4.78, 5) is 2.40. The zero-order valence-electron chi connectivity index (χ0n) is 12.8. The summed E-state index contributed by atoms with van der Waals surface area (Å²) < 4.78 is 0. The van der Waals surface area contributed by atoms with E-state index < -0.39 is 0 Å². The highest BCUT2D eigenvalue weighted by atomic mass is 16.3. The van der Waals surface area contributed by atoms with Gasteiger partial charge in [0.25, 0.3) is 0 Å². The van der Waals surface area contributed by atoms with Crippen LogP contribution in [0.2, 0.25) is 0 Å². The Kier molecular flexibility index (Phi) is 3.74. The largest absolute Gasteiger partial charge is 0.508 e. The molecular formula is C17H26N2O. The van der Waals surface area contributed by atoms with E-state index in [-0.39, 0.29) is 0 Å². The van der Waals surface area contributed by atoms with E-state index in [4.69, 9.17) is 0 Å². The number of aryl methyl sites for hydroxylation is 1. The van der Waals surface area contributed by atoms with Crippen LogP contribution in [0.3, 0.4) is 0 Å². The van der Waals surface area contributed by atoms with Crippen LogP contribution in [-0.2, 0) is 0 Å². The van der Waals surface area contributed by atoms with E-state index in [1.54, 1.807) is 0 Å². The van der Waals surface area contributed by atoms with Gasteiger partial charge in [0.05, 0.1) is 0 Å². The maximum atomic E-state index is 10.3. The van der Waals surface area contributed by atoms with Gasteiger partial charge in [-0.1, -0.05) is 13.0 Å². The van der Waals surface area contributed by atoms with Crippen LogP contribution in [-0.4, -0.2) is 36.2 Å². The molecule has 3 unspecified atom stereocenters. The molecule has 0 radical (unpaired) electrons. The average molecular weight is 274 g/mol. The molecule has 1 aliphatic heterocycles. The number of phenolic OH excluding ortho intramolecular Hbond substituents is 1. The first-order chi connectivity index (χ1) is 9.56. The zero-order chi connectivity index (χ0) is 14.3. The lowest BCUT2D eigenvalue weighted by Gasteiger charge is -2.32. The third-order valence-corrected chi connectivity index (χ3v) is 4.97. The van der Waals surface area contributed by atoms with Crippen molar-refractivity contribution in [2.75, 3.05) is 20.1 Å². The normalized spacial score (nSPS) is 30.4. The minimum absolute atomic E-state index is 0.316. The Bertz CT molecular complexity index is 500. The zero-order valence-corrected chi connectivity index (χ0v) is 12.8.